The number of carbonyl (C=O) groups is 2. The van der Waals surface area contributed by atoms with E-state index in [9.17, 15) is 23.5 Å². The molecule has 2 aromatic rings. The van der Waals surface area contributed by atoms with Gasteiger partial charge in [-0.15, -0.1) is 0 Å². The highest BCUT2D eigenvalue weighted by Crippen LogP contribution is 2.23. The Morgan fingerprint density at radius 3 is 2.50 bits per heavy atom. The van der Waals surface area contributed by atoms with Crippen molar-refractivity contribution in [2.45, 2.75) is 20.4 Å². The summed E-state index contributed by atoms with van der Waals surface area (Å²) in [7, 11) is 1.57. The second kappa shape index (κ2) is 8.09. The number of benzene rings is 1. The Balaban J connectivity index is 2.11. The number of methoxy groups -OCH3 is 1. The van der Waals surface area contributed by atoms with E-state index in [2.05, 4.69) is 0 Å². The van der Waals surface area contributed by atoms with E-state index in [-0.39, 0.29) is 0 Å². The van der Waals surface area contributed by atoms with Crippen molar-refractivity contribution in [1.29, 1.82) is 0 Å². The minimum Gasteiger partial charge on any atom is -0.507 e. The average Bonchev–Trinajstić information content (AvgIpc) is 2.84. The molecular weight excluding hydrogens is 348 g/mol. The molecule has 0 amide bonds. The monoisotopic (exact) mass is 367 g/mol. The summed E-state index contributed by atoms with van der Waals surface area (Å²) < 4.78 is 38.3. The van der Waals surface area contributed by atoms with Gasteiger partial charge in [0, 0.05) is 42.7 Å². The summed E-state index contributed by atoms with van der Waals surface area (Å²) in [6.45, 7) is 3.99. The van der Waals surface area contributed by atoms with Crippen molar-refractivity contribution in [2.75, 3.05) is 20.3 Å². The van der Waals surface area contributed by atoms with Crippen LogP contribution in [-0.2, 0) is 16.0 Å². The highest BCUT2D eigenvalue weighted by molar-refractivity contribution is 6.01. The number of aromatic nitrogens is 1. The molecule has 6 nitrogen and oxygen atoms in total. The van der Waals surface area contributed by atoms with Crippen molar-refractivity contribution in [3.63, 3.8) is 0 Å². The molecule has 0 aliphatic rings. The van der Waals surface area contributed by atoms with Crippen LogP contribution < -0.4 is 0 Å². The molecule has 0 aliphatic heterocycles. The SMILES string of the molecule is COCCn1c(C)cc(C(=O)COC(=O)c2c(O)cc(F)cc2F)c1C. The van der Waals surface area contributed by atoms with E-state index in [1.807, 2.05) is 11.5 Å². The Kier molecular flexibility index (Phi) is 6.10. The Hall–Kier alpha value is -2.74. The summed E-state index contributed by atoms with van der Waals surface area (Å²) in [5, 5.41) is 9.51. The number of nitrogens with zero attached hydrogens (tertiary/aromatic N) is 1. The maximum Gasteiger partial charge on any atom is 0.345 e. The molecule has 0 saturated carbocycles. The number of esters is 1. The number of hydrogen-bond donors (Lipinski definition) is 1. The fourth-order valence-electron chi connectivity index (χ4n) is 2.65. The van der Waals surface area contributed by atoms with Crippen LogP contribution in [-0.4, -0.2) is 41.7 Å². The van der Waals surface area contributed by atoms with Crippen molar-refractivity contribution < 1.29 is 33.0 Å². The first-order chi connectivity index (χ1) is 12.3. The Labute approximate surface area is 149 Å². The van der Waals surface area contributed by atoms with Crippen LogP contribution in [0.15, 0.2) is 18.2 Å². The number of carbonyl (C=O) groups excluding carboxylic acids is 2. The number of phenols is 1. The Morgan fingerprint density at radius 1 is 1.19 bits per heavy atom. The number of ketones is 1. The number of rotatable bonds is 7. The number of aromatic hydroxyl groups is 1. The fraction of sp³-hybridized carbons (Fsp3) is 0.333. The third-order valence-electron chi connectivity index (χ3n) is 3.97. The molecule has 8 heteroatoms. The quantitative estimate of drug-likeness (QED) is 0.601. The van der Waals surface area contributed by atoms with Gasteiger partial charge in [-0.05, 0) is 19.9 Å². The maximum absolute atomic E-state index is 13.6. The lowest BCUT2D eigenvalue weighted by molar-refractivity contribution is 0.0466. The molecule has 0 saturated heterocycles. The molecule has 0 aliphatic carbocycles. The zero-order chi connectivity index (χ0) is 19.4. The summed E-state index contributed by atoms with van der Waals surface area (Å²) in [5.41, 5.74) is 1.09. The predicted octanol–water partition coefficient (Wildman–Crippen LogP) is 2.77. The second-order valence-electron chi connectivity index (χ2n) is 5.71. The van der Waals surface area contributed by atoms with E-state index in [0.717, 1.165) is 5.69 Å². The number of hydrogen-bond acceptors (Lipinski definition) is 5. The first-order valence-electron chi connectivity index (χ1n) is 7.80. The number of ether oxygens (including phenoxy) is 2. The molecule has 0 radical (unpaired) electrons. The number of halogens is 2. The molecule has 1 heterocycles. The van der Waals surface area contributed by atoms with Crippen molar-refractivity contribution in [1.82, 2.24) is 4.57 Å². The summed E-state index contributed by atoms with van der Waals surface area (Å²) in [5.74, 6) is -4.91. The zero-order valence-electron chi connectivity index (χ0n) is 14.6. The lowest BCUT2D eigenvalue weighted by atomic mass is 10.1. The minimum atomic E-state index is -1.27. The van der Waals surface area contributed by atoms with E-state index >= 15 is 0 Å². The van der Waals surface area contributed by atoms with Crippen LogP contribution in [0.3, 0.4) is 0 Å². The second-order valence-corrected chi connectivity index (χ2v) is 5.71. The van der Waals surface area contributed by atoms with E-state index in [4.69, 9.17) is 9.47 Å². The highest BCUT2D eigenvalue weighted by Gasteiger charge is 2.22. The standard InChI is InChI=1S/C18H19F2NO5/c1-10-6-13(11(2)21(10)4-5-25-3)16(23)9-26-18(24)17-14(20)7-12(19)8-15(17)22/h6-8,22H,4-5,9H2,1-3H3. The third-order valence-corrected chi connectivity index (χ3v) is 3.97. The fourth-order valence-corrected chi connectivity index (χ4v) is 2.65. The van der Waals surface area contributed by atoms with E-state index in [0.29, 0.717) is 36.5 Å². The molecular formula is C18H19F2NO5. The molecule has 0 atom stereocenters. The maximum atomic E-state index is 13.6. The van der Waals surface area contributed by atoms with E-state index in [1.54, 1.807) is 20.1 Å². The molecule has 1 aromatic carbocycles. The Bertz CT molecular complexity index is 821. The lowest BCUT2D eigenvalue weighted by Crippen LogP contribution is -2.16. The van der Waals surface area contributed by atoms with Crippen LogP contribution in [0.5, 0.6) is 5.75 Å². The van der Waals surface area contributed by atoms with Gasteiger partial charge in [-0.3, -0.25) is 4.79 Å². The van der Waals surface area contributed by atoms with Crippen molar-refractivity contribution in [3.8, 4) is 5.75 Å². The molecule has 140 valence electrons. The molecule has 26 heavy (non-hydrogen) atoms. The summed E-state index contributed by atoms with van der Waals surface area (Å²) >= 11 is 0. The number of aryl methyl sites for hydroxylation is 1. The smallest absolute Gasteiger partial charge is 0.345 e. The van der Waals surface area contributed by atoms with E-state index in [1.165, 1.54) is 0 Å². The van der Waals surface area contributed by atoms with Crippen molar-refractivity contribution in [2.24, 2.45) is 0 Å². The predicted molar refractivity (Wildman–Crippen MR) is 88.4 cm³/mol. The van der Waals surface area contributed by atoms with Gasteiger partial charge in [-0.1, -0.05) is 0 Å². The van der Waals surface area contributed by atoms with Gasteiger partial charge in [0.2, 0.25) is 5.78 Å². The Morgan fingerprint density at radius 2 is 1.88 bits per heavy atom. The van der Waals surface area contributed by atoms with Crippen molar-refractivity contribution >= 4 is 11.8 Å². The minimum absolute atomic E-state index is 0.371. The molecule has 0 spiro atoms. The van der Waals surface area contributed by atoms with Crippen LogP contribution in [0.2, 0.25) is 0 Å². The summed E-state index contributed by atoms with van der Waals surface area (Å²) in [4.78, 5) is 24.2. The normalized spacial score (nSPS) is 10.8. The van der Waals surface area contributed by atoms with Gasteiger partial charge in [-0.2, -0.15) is 0 Å². The van der Waals surface area contributed by atoms with Gasteiger partial charge >= 0.3 is 5.97 Å². The first-order valence-corrected chi connectivity index (χ1v) is 7.80. The summed E-state index contributed by atoms with van der Waals surface area (Å²) in [6, 6.07) is 2.70. The molecule has 1 N–H and O–H groups in total. The first kappa shape index (κ1) is 19.6. The molecule has 1 aromatic heterocycles. The van der Waals surface area contributed by atoms with Crippen LogP contribution in [0.25, 0.3) is 0 Å². The largest absolute Gasteiger partial charge is 0.507 e. The van der Waals surface area contributed by atoms with Crippen LogP contribution >= 0.6 is 0 Å². The van der Waals surface area contributed by atoms with Gasteiger partial charge in [0.25, 0.3) is 0 Å². The van der Waals surface area contributed by atoms with Gasteiger partial charge in [0.15, 0.2) is 6.61 Å². The molecule has 0 unspecified atom stereocenters. The van der Waals surface area contributed by atoms with Gasteiger partial charge in [0.05, 0.1) is 6.61 Å². The average molecular weight is 367 g/mol. The topological polar surface area (TPSA) is 77.8 Å². The van der Waals surface area contributed by atoms with Crippen LogP contribution in [0.4, 0.5) is 8.78 Å². The van der Waals surface area contributed by atoms with Gasteiger partial charge in [-0.25, -0.2) is 13.6 Å². The zero-order valence-corrected chi connectivity index (χ0v) is 14.6. The molecule has 0 bridgehead atoms. The highest BCUT2D eigenvalue weighted by atomic mass is 19.1. The third kappa shape index (κ3) is 4.08. The summed E-state index contributed by atoms with van der Waals surface area (Å²) in [6.07, 6.45) is 0. The van der Waals surface area contributed by atoms with Crippen LogP contribution in [0.1, 0.15) is 32.1 Å². The van der Waals surface area contributed by atoms with Gasteiger partial charge < -0.3 is 19.1 Å². The van der Waals surface area contributed by atoms with Crippen LogP contribution in [0, 0.1) is 25.5 Å². The number of Topliss-reactive ketones (excluding diaryl/α,β-unsaturated/α-hetero) is 1. The van der Waals surface area contributed by atoms with Crippen molar-refractivity contribution in [3.05, 3.63) is 52.3 Å². The molecule has 0 fully saturated rings. The molecule has 2 rings (SSSR count). The number of phenolic OH excluding ortho intramolecular Hbond substituents is 1. The lowest BCUT2D eigenvalue weighted by Gasteiger charge is -2.09. The van der Waals surface area contributed by atoms with Gasteiger partial charge in [0.1, 0.15) is 22.9 Å². The van der Waals surface area contributed by atoms with E-state index < -0.39 is 41.3 Å².